The number of ether oxygens (including phenoxy) is 1. The second kappa shape index (κ2) is 9.30. The van der Waals surface area contributed by atoms with Gasteiger partial charge in [0.2, 0.25) is 5.91 Å². The Labute approximate surface area is 197 Å². The molecule has 34 heavy (non-hydrogen) atoms. The van der Waals surface area contributed by atoms with Gasteiger partial charge in [-0.3, -0.25) is 4.79 Å². The van der Waals surface area contributed by atoms with Gasteiger partial charge in [-0.1, -0.05) is 29.8 Å². The fraction of sp³-hybridized carbons (Fsp3) is 0.462. The Kier molecular flexibility index (Phi) is 6.59. The molecule has 2 fully saturated rings. The van der Waals surface area contributed by atoms with Crippen molar-refractivity contribution in [3.63, 3.8) is 0 Å². The minimum Gasteiger partial charge on any atom is -0.384 e. The molecule has 0 aromatic heterocycles. The number of aryl methyl sites for hydroxylation is 1. The number of amides is 1. The van der Waals surface area contributed by atoms with Gasteiger partial charge in [-0.05, 0) is 37.1 Å². The first-order valence-electron chi connectivity index (χ1n) is 11.3. The van der Waals surface area contributed by atoms with E-state index in [1.165, 1.54) is 6.07 Å². The van der Waals surface area contributed by atoms with E-state index in [0.717, 1.165) is 23.6 Å². The molecule has 2 aromatic rings. The summed E-state index contributed by atoms with van der Waals surface area (Å²) in [5.74, 6) is 0.139. The third-order valence-electron chi connectivity index (χ3n) is 7.15. The highest BCUT2D eigenvalue weighted by Gasteiger charge is 2.50. The van der Waals surface area contributed by atoms with Crippen molar-refractivity contribution in [1.82, 2.24) is 4.90 Å². The number of benzene rings is 2. The van der Waals surface area contributed by atoms with Crippen molar-refractivity contribution in [3.8, 4) is 6.07 Å². The van der Waals surface area contributed by atoms with Crippen LogP contribution < -0.4 is 4.90 Å². The van der Waals surface area contributed by atoms with E-state index in [-0.39, 0.29) is 22.8 Å². The Morgan fingerprint density at radius 3 is 2.71 bits per heavy atom. The first kappa shape index (κ1) is 24.1. The molecule has 180 valence electrons. The van der Waals surface area contributed by atoms with Crippen LogP contribution in [0.4, 0.5) is 18.9 Å². The number of hydrogen-bond donors (Lipinski definition) is 0. The van der Waals surface area contributed by atoms with Gasteiger partial charge in [-0.2, -0.15) is 18.4 Å². The monoisotopic (exact) mass is 471 g/mol. The van der Waals surface area contributed by atoms with Crippen LogP contribution in [0.15, 0.2) is 42.5 Å². The van der Waals surface area contributed by atoms with Crippen LogP contribution in [0.5, 0.6) is 0 Å². The van der Waals surface area contributed by atoms with Crippen LogP contribution in [0, 0.1) is 29.6 Å². The van der Waals surface area contributed by atoms with Crippen molar-refractivity contribution in [2.75, 3.05) is 44.8 Å². The van der Waals surface area contributed by atoms with E-state index in [1.54, 1.807) is 19.2 Å². The fourth-order valence-electron chi connectivity index (χ4n) is 5.40. The zero-order valence-corrected chi connectivity index (χ0v) is 19.4. The molecule has 2 saturated heterocycles. The number of nitrogens with zero attached hydrogens (tertiary/aromatic N) is 3. The molecular formula is C26H28F3N3O2. The third kappa shape index (κ3) is 4.76. The zero-order valence-electron chi connectivity index (χ0n) is 19.4. The molecule has 0 aliphatic carbocycles. The quantitative estimate of drug-likeness (QED) is 0.648. The van der Waals surface area contributed by atoms with Crippen LogP contribution in [-0.2, 0) is 22.1 Å². The topological polar surface area (TPSA) is 56.6 Å². The smallest absolute Gasteiger partial charge is 0.384 e. The van der Waals surface area contributed by atoms with Crippen LogP contribution in [0.1, 0.15) is 28.7 Å². The van der Waals surface area contributed by atoms with E-state index in [9.17, 15) is 18.0 Å². The van der Waals surface area contributed by atoms with Gasteiger partial charge in [0, 0.05) is 50.3 Å². The van der Waals surface area contributed by atoms with Crippen molar-refractivity contribution in [2.45, 2.75) is 25.9 Å². The molecule has 8 heteroatoms. The van der Waals surface area contributed by atoms with E-state index in [1.807, 2.05) is 41.0 Å². The third-order valence-corrected chi connectivity index (χ3v) is 7.15. The van der Waals surface area contributed by atoms with E-state index < -0.39 is 11.7 Å². The van der Waals surface area contributed by atoms with Crippen molar-refractivity contribution >= 4 is 11.6 Å². The lowest BCUT2D eigenvalue weighted by Crippen LogP contribution is -2.51. The van der Waals surface area contributed by atoms with Gasteiger partial charge in [-0.25, -0.2) is 0 Å². The van der Waals surface area contributed by atoms with Crippen molar-refractivity contribution in [3.05, 3.63) is 64.7 Å². The molecule has 2 aliphatic rings. The minimum absolute atomic E-state index is 0.0628. The molecule has 4 rings (SSSR count). The van der Waals surface area contributed by atoms with Crippen LogP contribution >= 0.6 is 0 Å². The molecular weight excluding hydrogens is 443 g/mol. The lowest BCUT2D eigenvalue weighted by Gasteiger charge is -2.43. The second-order valence-corrected chi connectivity index (χ2v) is 9.47. The summed E-state index contributed by atoms with van der Waals surface area (Å²) in [6.07, 6.45) is -3.54. The molecule has 0 radical (unpaired) electrons. The number of rotatable bonds is 5. The molecule has 2 aromatic carbocycles. The van der Waals surface area contributed by atoms with Gasteiger partial charge in [0.05, 0.1) is 30.2 Å². The molecule has 0 N–H and O–H groups in total. The average Bonchev–Trinajstić information content (AvgIpc) is 3.17. The Balaban J connectivity index is 1.54. The highest BCUT2D eigenvalue weighted by molar-refractivity contribution is 5.79. The molecule has 0 saturated carbocycles. The number of halogens is 3. The van der Waals surface area contributed by atoms with E-state index in [2.05, 4.69) is 0 Å². The summed E-state index contributed by atoms with van der Waals surface area (Å²) in [4.78, 5) is 16.9. The lowest BCUT2D eigenvalue weighted by molar-refractivity contribution is -0.138. The number of piperidine rings is 1. The largest absolute Gasteiger partial charge is 0.417 e. The molecule has 1 amide bonds. The molecule has 2 atom stereocenters. The Morgan fingerprint density at radius 1 is 1.24 bits per heavy atom. The highest BCUT2D eigenvalue weighted by atomic mass is 19.4. The first-order valence-corrected chi connectivity index (χ1v) is 11.3. The molecule has 2 aliphatic heterocycles. The van der Waals surface area contributed by atoms with Gasteiger partial charge in [-0.15, -0.1) is 0 Å². The maximum absolute atomic E-state index is 13.5. The van der Waals surface area contributed by atoms with Crippen LogP contribution in [0.3, 0.4) is 0 Å². The molecule has 0 spiro atoms. The SMILES string of the molecule is COCC12CCN(C(=O)Cc3cccc(C)c3)CC1CN(c1ccc(C#N)c(C(F)(F)F)c1)C2. The maximum Gasteiger partial charge on any atom is 0.417 e. The average molecular weight is 472 g/mol. The number of anilines is 1. The summed E-state index contributed by atoms with van der Waals surface area (Å²) in [6, 6.07) is 13.4. The van der Waals surface area contributed by atoms with E-state index in [4.69, 9.17) is 10.00 Å². The Hall–Kier alpha value is -3.05. The van der Waals surface area contributed by atoms with Crippen LogP contribution in [0.2, 0.25) is 0 Å². The number of likely N-dealkylation sites (tertiary alicyclic amines) is 1. The number of methoxy groups -OCH3 is 1. The number of hydrogen-bond acceptors (Lipinski definition) is 4. The van der Waals surface area contributed by atoms with Crippen molar-refractivity contribution < 1.29 is 22.7 Å². The second-order valence-electron chi connectivity index (χ2n) is 9.47. The van der Waals surface area contributed by atoms with Crippen LogP contribution in [0.25, 0.3) is 0 Å². The van der Waals surface area contributed by atoms with Crippen molar-refractivity contribution in [2.24, 2.45) is 11.3 Å². The highest BCUT2D eigenvalue weighted by Crippen LogP contribution is 2.45. The standard InChI is InChI=1S/C26H28F3N3O2/c1-18-4-3-5-19(10-18)11-24(33)31-9-8-25(17-34-2)16-32(15-21(25)14-31)22-7-6-20(13-30)23(12-22)26(27,28)29/h3-7,10,12,21H,8-9,11,14-17H2,1-2H3. The minimum atomic E-state index is -4.60. The Morgan fingerprint density at radius 2 is 2.03 bits per heavy atom. The maximum atomic E-state index is 13.5. The Bertz CT molecular complexity index is 1110. The fourth-order valence-corrected chi connectivity index (χ4v) is 5.40. The summed E-state index contributed by atoms with van der Waals surface area (Å²) in [5.41, 5.74) is 0.986. The van der Waals surface area contributed by atoms with E-state index >= 15 is 0 Å². The normalized spacial score (nSPS) is 22.4. The number of nitriles is 1. The molecule has 2 unspecified atom stereocenters. The predicted molar refractivity (Wildman–Crippen MR) is 122 cm³/mol. The summed E-state index contributed by atoms with van der Waals surface area (Å²) in [5, 5.41) is 9.10. The van der Waals surface area contributed by atoms with Gasteiger partial charge < -0.3 is 14.5 Å². The summed E-state index contributed by atoms with van der Waals surface area (Å²) in [6.45, 7) is 4.70. The zero-order chi connectivity index (χ0) is 24.5. The number of carbonyl (C=O) groups is 1. The lowest BCUT2D eigenvalue weighted by atomic mass is 9.73. The van der Waals surface area contributed by atoms with Gasteiger partial charge in [0.25, 0.3) is 0 Å². The summed E-state index contributed by atoms with van der Waals surface area (Å²) in [7, 11) is 1.63. The van der Waals surface area contributed by atoms with Crippen molar-refractivity contribution in [1.29, 1.82) is 5.26 Å². The molecule has 0 bridgehead atoms. The first-order chi connectivity index (χ1) is 16.1. The van der Waals surface area contributed by atoms with Gasteiger partial charge >= 0.3 is 6.18 Å². The predicted octanol–water partition coefficient (Wildman–Crippen LogP) is 4.43. The molecule has 5 nitrogen and oxygen atoms in total. The van der Waals surface area contributed by atoms with Crippen LogP contribution in [-0.4, -0.2) is 50.7 Å². The summed E-state index contributed by atoms with van der Waals surface area (Å²) >= 11 is 0. The number of alkyl halides is 3. The number of carbonyl (C=O) groups excluding carboxylic acids is 1. The van der Waals surface area contributed by atoms with Gasteiger partial charge in [0.15, 0.2) is 0 Å². The molecule has 2 heterocycles. The van der Waals surface area contributed by atoms with E-state index in [0.29, 0.717) is 44.9 Å². The van der Waals surface area contributed by atoms with Gasteiger partial charge in [0.1, 0.15) is 0 Å². The summed E-state index contributed by atoms with van der Waals surface area (Å²) < 4.78 is 46.0. The number of fused-ring (bicyclic) bond motifs is 1.